The Kier molecular flexibility index (Phi) is 3.01. The normalized spacial score (nSPS) is 24.0. The van der Waals surface area contributed by atoms with Gasteiger partial charge < -0.3 is 0 Å². The third-order valence-electron chi connectivity index (χ3n) is 2.41. The summed E-state index contributed by atoms with van der Waals surface area (Å²) in [6.45, 7) is 5.89. The van der Waals surface area contributed by atoms with Crippen molar-refractivity contribution in [3.8, 4) is 0 Å². The molecule has 2 rings (SSSR count). The Morgan fingerprint density at radius 2 is 2.62 bits per heavy atom. The molecule has 0 saturated carbocycles. The molecule has 72 valence electrons. The summed E-state index contributed by atoms with van der Waals surface area (Å²) >= 11 is 5.12. The van der Waals surface area contributed by atoms with Crippen LogP contribution in [0.2, 0.25) is 0 Å². The van der Waals surface area contributed by atoms with Crippen LogP contribution < -0.4 is 0 Å². The van der Waals surface area contributed by atoms with Crippen LogP contribution in [0.15, 0.2) is 10.1 Å². The van der Waals surface area contributed by atoms with E-state index >= 15 is 0 Å². The molecule has 1 aliphatic rings. The summed E-state index contributed by atoms with van der Waals surface area (Å²) in [6, 6.07) is 0. The second-order valence-corrected chi connectivity index (χ2v) is 6.10. The number of hydrogen-bond acceptors (Lipinski definition) is 3. The molecule has 1 aromatic rings. The zero-order valence-corrected chi connectivity index (χ0v) is 10.1. The molecular weight excluding hydrogens is 248 g/mol. The van der Waals surface area contributed by atoms with Gasteiger partial charge in [-0.2, -0.15) is 0 Å². The van der Waals surface area contributed by atoms with Gasteiger partial charge >= 0.3 is 0 Å². The van der Waals surface area contributed by atoms with Gasteiger partial charge in [0.05, 0.1) is 0 Å². The van der Waals surface area contributed by atoms with Crippen molar-refractivity contribution in [3.63, 3.8) is 0 Å². The second kappa shape index (κ2) is 4.07. The molecule has 1 aliphatic heterocycles. The molecular formula is C9H13BrN2S. The first-order valence-electron chi connectivity index (χ1n) is 4.56. The molecule has 1 aromatic heterocycles. The lowest BCUT2D eigenvalue weighted by Crippen LogP contribution is -2.18. The number of thiazole rings is 1. The molecule has 0 spiro atoms. The van der Waals surface area contributed by atoms with E-state index in [4.69, 9.17) is 0 Å². The fourth-order valence-corrected chi connectivity index (χ4v) is 3.15. The van der Waals surface area contributed by atoms with E-state index < -0.39 is 0 Å². The van der Waals surface area contributed by atoms with E-state index in [9.17, 15) is 0 Å². The standard InChI is InChI=1S/C9H13BrN2S/c1-7-2-3-12(5-7)6-8-4-11-9(10)13-8/h4,7H,2-3,5-6H2,1H3. The first-order valence-corrected chi connectivity index (χ1v) is 6.17. The molecule has 2 nitrogen and oxygen atoms in total. The summed E-state index contributed by atoms with van der Waals surface area (Å²) in [6.07, 6.45) is 3.32. The smallest absolute Gasteiger partial charge is 0.159 e. The van der Waals surface area contributed by atoms with Gasteiger partial charge in [-0.25, -0.2) is 4.98 Å². The van der Waals surface area contributed by atoms with Crippen molar-refractivity contribution in [2.75, 3.05) is 13.1 Å². The van der Waals surface area contributed by atoms with Crippen molar-refractivity contribution in [3.05, 3.63) is 15.0 Å². The van der Waals surface area contributed by atoms with E-state index in [1.54, 1.807) is 11.3 Å². The highest BCUT2D eigenvalue weighted by atomic mass is 79.9. The molecule has 13 heavy (non-hydrogen) atoms. The van der Waals surface area contributed by atoms with Gasteiger partial charge in [-0.05, 0) is 34.8 Å². The first-order chi connectivity index (χ1) is 6.24. The molecule has 0 N–H and O–H groups in total. The first kappa shape index (κ1) is 9.62. The van der Waals surface area contributed by atoms with Crippen LogP contribution in [0.4, 0.5) is 0 Å². The number of nitrogens with zero attached hydrogens (tertiary/aromatic N) is 2. The maximum atomic E-state index is 4.19. The number of hydrogen-bond donors (Lipinski definition) is 0. The van der Waals surface area contributed by atoms with Crippen LogP contribution in [0.1, 0.15) is 18.2 Å². The van der Waals surface area contributed by atoms with E-state index in [2.05, 4.69) is 32.7 Å². The van der Waals surface area contributed by atoms with Crippen molar-refractivity contribution in [2.24, 2.45) is 5.92 Å². The van der Waals surface area contributed by atoms with Crippen LogP contribution in [0.3, 0.4) is 0 Å². The Morgan fingerprint density at radius 3 is 3.15 bits per heavy atom. The van der Waals surface area contributed by atoms with Crippen LogP contribution in [0.25, 0.3) is 0 Å². The summed E-state index contributed by atoms with van der Waals surface area (Å²) < 4.78 is 0.995. The highest BCUT2D eigenvalue weighted by Gasteiger charge is 2.18. The minimum Gasteiger partial charge on any atom is -0.298 e. The van der Waals surface area contributed by atoms with Crippen LogP contribution in [-0.4, -0.2) is 23.0 Å². The van der Waals surface area contributed by atoms with Gasteiger partial charge in [0.25, 0.3) is 0 Å². The summed E-state index contributed by atoms with van der Waals surface area (Å²) in [5, 5.41) is 0. The van der Waals surface area contributed by atoms with Crippen molar-refractivity contribution in [1.82, 2.24) is 9.88 Å². The van der Waals surface area contributed by atoms with Gasteiger partial charge in [0.1, 0.15) is 0 Å². The molecule has 0 bridgehead atoms. The van der Waals surface area contributed by atoms with Crippen molar-refractivity contribution in [1.29, 1.82) is 0 Å². The third-order valence-corrected chi connectivity index (χ3v) is 3.87. The minimum absolute atomic E-state index is 0.872. The van der Waals surface area contributed by atoms with Crippen LogP contribution >= 0.6 is 27.3 Å². The van der Waals surface area contributed by atoms with Gasteiger partial charge in [-0.3, -0.25) is 4.90 Å². The van der Waals surface area contributed by atoms with Crippen LogP contribution in [-0.2, 0) is 6.54 Å². The minimum atomic E-state index is 0.872. The highest BCUT2D eigenvalue weighted by molar-refractivity contribution is 9.11. The SMILES string of the molecule is CC1CCN(Cc2cnc(Br)s2)C1. The summed E-state index contributed by atoms with van der Waals surface area (Å²) in [7, 11) is 0. The Morgan fingerprint density at radius 1 is 1.77 bits per heavy atom. The third kappa shape index (κ3) is 2.51. The van der Waals surface area contributed by atoms with Gasteiger partial charge in [0, 0.05) is 24.2 Å². The average Bonchev–Trinajstić information content (AvgIpc) is 2.62. The van der Waals surface area contributed by atoms with E-state index in [-0.39, 0.29) is 0 Å². The lowest BCUT2D eigenvalue weighted by molar-refractivity contribution is 0.323. The molecule has 0 aromatic carbocycles. The van der Waals surface area contributed by atoms with Crippen LogP contribution in [0, 0.1) is 5.92 Å². The fraction of sp³-hybridized carbons (Fsp3) is 0.667. The van der Waals surface area contributed by atoms with E-state index in [1.165, 1.54) is 24.4 Å². The van der Waals surface area contributed by atoms with Gasteiger partial charge in [0.15, 0.2) is 3.92 Å². The molecule has 1 atom stereocenters. The molecule has 0 radical (unpaired) electrons. The van der Waals surface area contributed by atoms with Crippen molar-refractivity contribution in [2.45, 2.75) is 19.9 Å². The zero-order chi connectivity index (χ0) is 9.26. The lowest BCUT2D eigenvalue weighted by Gasteiger charge is -2.12. The van der Waals surface area contributed by atoms with E-state index in [0.29, 0.717) is 0 Å². The Bertz CT molecular complexity index is 287. The topological polar surface area (TPSA) is 16.1 Å². The monoisotopic (exact) mass is 260 g/mol. The number of aromatic nitrogens is 1. The molecule has 2 heterocycles. The summed E-state index contributed by atoms with van der Waals surface area (Å²) in [5.74, 6) is 0.872. The highest BCUT2D eigenvalue weighted by Crippen LogP contribution is 2.23. The van der Waals surface area contributed by atoms with Gasteiger partial charge in [-0.15, -0.1) is 11.3 Å². The van der Waals surface area contributed by atoms with Gasteiger partial charge in [0.2, 0.25) is 0 Å². The maximum absolute atomic E-state index is 4.19. The quantitative estimate of drug-likeness (QED) is 0.813. The molecule has 4 heteroatoms. The predicted molar refractivity (Wildman–Crippen MR) is 58.9 cm³/mol. The Labute approximate surface area is 91.1 Å². The van der Waals surface area contributed by atoms with Crippen molar-refractivity contribution >= 4 is 27.3 Å². The molecule has 1 fully saturated rings. The zero-order valence-electron chi connectivity index (χ0n) is 7.66. The van der Waals surface area contributed by atoms with Crippen LogP contribution in [0.5, 0.6) is 0 Å². The Hall–Kier alpha value is 0.0700. The van der Waals surface area contributed by atoms with Gasteiger partial charge in [-0.1, -0.05) is 6.92 Å². The Balaban J connectivity index is 1.91. The fourth-order valence-electron chi connectivity index (χ4n) is 1.75. The lowest BCUT2D eigenvalue weighted by atomic mass is 10.2. The molecule has 0 amide bonds. The van der Waals surface area contributed by atoms with E-state index in [1.807, 2.05) is 6.20 Å². The molecule has 1 unspecified atom stereocenters. The largest absolute Gasteiger partial charge is 0.298 e. The van der Waals surface area contributed by atoms with E-state index in [0.717, 1.165) is 16.4 Å². The number of halogens is 1. The maximum Gasteiger partial charge on any atom is 0.159 e. The second-order valence-electron chi connectivity index (χ2n) is 3.71. The summed E-state index contributed by atoms with van der Waals surface area (Å²) in [5.41, 5.74) is 0. The molecule has 0 aliphatic carbocycles. The average molecular weight is 261 g/mol. The summed E-state index contributed by atoms with van der Waals surface area (Å²) in [4.78, 5) is 8.05. The number of likely N-dealkylation sites (tertiary alicyclic amines) is 1. The predicted octanol–water partition coefficient (Wildman–Crippen LogP) is 2.75. The number of rotatable bonds is 2. The van der Waals surface area contributed by atoms with Crippen molar-refractivity contribution < 1.29 is 0 Å². The molecule has 1 saturated heterocycles.